The second-order valence-corrected chi connectivity index (χ2v) is 9.46. The van der Waals surface area contributed by atoms with Gasteiger partial charge in [0.15, 0.2) is 0 Å². The van der Waals surface area contributed by atoms with Crippen LogP contribution < -0.4 is 4.74 Å². The predicted octanol–water partition coefficient (Wildman–Crippen LogP) is 3.13. The zero-order valence-electron chi connectivity index (χ0n) is 22.6. The number of aromatic amines is 1. The summed E-state index contributed by atoms with van der Waals surface area (Å²) in [7, 11) is 0. The number of ketones is 1. The number of rotatable bonds is 10. The van der Waals surface area contributed by atoms with Crippen molar-refractivity contribution in [2.45, 2.75) is 26.8 Å². The minimum atomic E-state index is -0.820. The Morgan fingerprint density at radius 1 is 1.18 bits per heavy atom. The van der Waals surface area contributed by atoms with Crippen LogP contribution in [0.3, 0.4) is 0 Å². The number of carbonyl (C=O) groups excluding carboxylic acids is 3. The van der Waals surface area contributed by atoms with E-state index in [0.29, 0.717) is 61.0 Å². The maximum Gasteiger partial charge on any atom is 0.355 e. The van der Waals surface area contributed by atoms with E-state index in [1.165, 1.54) is 4.90 Å². The van der Waals surface area contributed by atoms with Gasteiger partial charge in [-0.3, -0.25) is 14.5 Å². The molecule has 4 rings (SSSR count). The van der Waals surface area contributed by atoms with Crippen molar-refractivity contribution in [3.8, 4) is 5.75 Å². The Hall–Kier alpha value is -3.89. The molecule has 2 aliphatic rings. The lowest BCUT2D eigenvalue weighted by atomic mass is 9.94. The number of benzene rings is 1. The van der Waals surface area contributed by atoms with Gasteiger partial charge in [-0.25, -0.2) is 4.79 Å². The van der Waals surface area contributed by atoms with Crippen LogP contribution in [0.1, 0.15) is 45.8 Å². The number of amides is 1. The molecule has 39 heavy (non-hydrogen) atoms. The van der Waals surface area contributed by atoms with Crippen LogP contribution in [-0.4, -0.2) is 90.2 Å². The minimum Gasteiger partial charge on any atom is -0.507 e. The highest BCUT2D eigenvalue weighted by atomic mass is 16.5. The molecule has 2 aliphatic heterocycles. The molecule has 2 aromatic rings. The number of aliphatic hydroxyl groups excluding tert-OH is 1. The summed E-state index contributed by atoms with van der Waals surface area (Å²) >= 11 is 0. The highest BCUT2D eigenvalue weighted by Gasteiger charge is 2.46. The van der Waals surface area contributed by atoms with Crippen molar-refractivity contribution in [3.63, 3.8) is 0 Å². The molecule has 0 bridgehead atoms. The average Bonchev–Trinajstić information content (AvgIpc) is 3.38. The molecular formula is C29H35N3O7. The first-order chi connectivity index (χ1) is 18.8. The summed E-state index contributed by atoms with van der Waals surface area (Å²) in [5.41, 5.74) is 2.05. The van der Waals surface area contributed by atoms with Crippen molar-refractivity contribution in [2.24, 2.45) is 0 Å². The Bertz CT molecular complexity index is 1270. The van der Waals surface area contributed by atoms with Gasteiger partial charge in [0.25, 0.3) is 11.7 Å². The van der Waals surface area contributed by atoms with Crippen molar-refractivity contribution in [2.75, 3.05) is 52.6 Å². The molecule has 2 fully saturated rings. The summed E-state index contributed by atoms with van der Waals surface area (Å²) in [5, 5.41) is 11.6. The molecule has 0 spiro atoms. The summed E-state index contributed by atoms with van der Waals surface area (Å²) in [6.07, 6.45) is 1.64. The number of Topliss-reactive ketones (excluding diaryl/α,β-unsaturated/α-hetero) is 1. The lowest BCUT2D eigenvalue weighted by Gasteiger charge is -2.31. The SMILES string of the molecule is C=CCOc1ccc([C@@H]2C(=C(O)c3c(C)[nH]c(C(=O)OCC)c3C)C(=O)C(=O)N2CCN2CCOCC2)cc1. The normalized spacial score (nSPS) is 19.4. The molecular weight excluding hydrogens is 502 g/mol. The van der Waals surface area contributed by atoms with Gasteiger partial charge in [-0.1, -0.05) is 24.8 Å². The van der Waals surface area contributed by atoms with Gasteiger partial charge in [-0.05, 0) is 44.0 Å². The molecule has 3 heterocycles. The van der Waals surface area contributed by atoms with E-state index in [0.717, 1.165) is 13.1 Å². The number of aliphatic hydroxyl groups is 1. The van der Waals surface area contributed by atoms with Gasteiger partial charge in [0.2, 0.25) is 0 Å². The largest absolute Gasteiger partial charge is 0.507 e. The number of likely N-dealkylation sites (tertiary alicyclic amines) is 1. The van der Waals surface area contributed by atoms with Crippen LogP contribution in [0, 0.1) is 13.8 Å². The third-order valence-electron chi connectivity index (χ3n) is 7.02. The fourth-order valence-electron chi connectivity index (χ4n) is 5.08. The molecule has 10 heteroatoms. The maximum absolute atomic E-state index is 13.5. The standard InChI is InChI=1S/C29H35N3O7/c1-5-15-39-21-9-7-20(8-10-21)25-23(26(33)22-18(3)24(30-19(22)4)29(36)38-6-2)27(34)28(35)32(25)12-11-31-13-16-37-17-14-31/h5,7-10,25,30,33H,1,6,11-17H2,2-4H3/t25-/m1/s1. The minimum absolute atomic E-state index is 0.0256. The number of ether oxygens (including phenoxy) is 3. The Morgan fingerprint density at radius 2 is 1.87 bits per heavy atom. The van der Waals surface area contributed by atoms with E-state index in [1.54, 1.807) is 51.1 Å². The first-order valence-electron chi connectivity index (χ1n) is 13.1. The van der Waals surface area contributed by atoms with Gasteiger partial charge in [-0.15, -0.1) is 0 Å². The van der Waals surface area contributed by atoms with Crippen molar-refractivity contribution < 1.29 is 33.7 Å². The fourth-order valence-corrected chi connectivity index (χ4v) is 5.08. The Balaban J connectivity index is 1.77. The van der Waals surface area contributed by atoms with Crippen molar-refractivity contribution >= 4 is 23.4 Å². The Labute approximate surface area is 227 Å². The molecule has 10 nitrogen and oxygen atoms in total. The molecule has 0 aliphatic carbocycles. The molecule has 1 aromatic heterocycles. The van der Waals surface area contributed by atoms with Crippen molar-refractivity contribution in [1.29, 1.82) is 0 Å². The average molecular weight is 538 g/mol. The monoisotopic (exact) mass is 537 g/mol. The third kappa shape index (κ3) is 5.76. The van der Waals surface area contributed by atoms with E-state index in [9.17, 15) is 19.5 Å². The second kappa shape index (κ2) is 12.3. The topological polar surface area (TPSA) is 121 Å². The molecule has 0 unspecified atom stereocenters. The summed E-state index contributed by atoms with van der Waals surface area (Å²) in [5.74, 6) is -1.74. The number of aromatic nitrogens is 1. The van der Waals surface area contributed by atoms with Gasteiger partial charge in [0.05, 0.1) is 31.4 Å². The number of carbonyl (C=O) groups is 3. The number of nitrogens with zero attached hydrogens (tertiary/aromatic N) is 2. The van der Waals surface area contributed by atoms with Crippen LogP contribution in [0.15, 0.2) is 42.5 Å². The number of hydrogen-bond donors (Lipinski definition) is 2. The van der Waals surface area contributed by atoms with E-state index in [1.807, 2.05) is 0 Å². The van der Waals surface area contributed by atoms with Gasteiger partial charge >= 0.3 is 5.97 Å². The predicted molar refractivity (Wildman–Crippen MR) is 145 cm³/mol. The first-order valence-corrected chi connectivity index (χ1v) is 13.1. The Kier molecular flexibility index (Phi) is 8.88. The summed E-state index contributed by atoms with van der Waals surface area (Å²) < 4.78 is 16.1. The molecule has 0 radical (unpaired) electrons. The van der Waals surface area contributed by atoms with Crippen LogP contribution >= 0.6 is 0 Å². The van der Waals surface area contributed by atoms with Crippen LogP contribution in [0.4, 0.5) is 0 Å². The molecule has 208 valence electrons. The molecule has 1 amide bonds. The van der Waals surface area contributed by atoms with E-state index < -0.39 is 23.7 Å². The second-order valence-electron chi connectivity index (χ2n) is 9.46. The molecule has 0 saturated carbocycles. The lowest BCUT2D eigenvalue weighted by molar-refractivity contribution is -0.140. The zero-order chi connectivity index (χ0) is 28.1. The fraction of sp³-hybridized carbons (Fsp3) is 0.414. The highest BCUT2D eigenvalue weighted by Crippen LogP contribution is 2.41. The van der Waals surface area contributed by atoms with Gasteiger partial charge in [-0.2, -0.15) is 0 Å². The summed E-state index contributed by atoms with van der Waals surface area (Å²) in [6, 6.07) is 6.26. The number of nitrogens with one attached hydrogen (secondary N) is 1. The molecule has 2 N–H and O–H groups in total. The van der Waals surface area contributed by atoms with Crippen molar-refractivity contribution in [1.82, 2.24) is 14.8 Å². The maximum atomic E-state index is 13.5. The van der Waals surface area contributed by atoms with Gasteiger partial charge < -0.3 is 29.2 Å². The number of esters is 1. The zero-order valence-corrected chi connectivity index (χ0v) is 22.6. The Morgan fingerprint density at radius 3 is 2.51 bits per heavy atom. The summed E-state index contributed by atoms with van der Waals surface area (Å²) in [6.45, 7) is 12.8. The van der Waals surface area contributed by atoms with Gasteiger partial charge in [0, 0.05) is 37.4 Å². The van der Waals surface area contributed by atoms with Crippen LogP contribution in [-0.2, 0) is 19.1 Å². The quantitative estimate of drug-likeness (QED) is 0.156. The number of hydrogen-bond acceptors (Lipinski definition) is 8. The van der Waals surface area contributed by atoms with Crippen LogP contribution in [0.25, 0.3) is 5.76 Å². The molecule has 1 aromatic carbocycles. The van der Waals surface area contributed by atoms with Crippen LogP contribution in [0.2, 0.25) is 0 Å². The molecule has 1 atom stereocenters. The van der Waals surface area contributed by atoms with E-state index in [4.69, 9.17) is 14.2 Å². The van der Waals surface area contributed by atoms with Gasteiger partial charge in [0.1, 0.15) is 23.8 Å². The van der Waals surface area contributed by atoms with Crippen molar-refractivity contribution in [3.05, 3.63) is 70.6 Å². The van der Waals surface area contributed by atoms with E-state index >= 15 is 0 Å². The summed E-state index contributed by atoms with van der Waals surface area (Å²) in [4.78, 5) is 45.9. The number of H-pyrrole nitrogens is 1. The molecule has 2 saturated heterocycles. The number of aryl methyl sites for hydroxylation is 1. The van der Waals surface area contributed by atoms with E-state index in [-0.39, 0.29) is 23.6 Å². The third-order valence-corrected chi connectivity index (χ3v) is 7.02. The van der Waals surface area contributed by atoms with E-state index in [2.05, 4.69) is 16.5 Å². The van der Waals surface area contributed by atoms with Crippen LogP contribution in [0.5, 0.6) is 5.75 Å². The smallest absolute Gasteiger partial charge is 0.355 e. The number of morpholine rings is 1. The highest BCUT2D eigenvalue weighted by molar-refractivity contribution is 6.46. The lowest BCUT2D eigenvalue weighted by Crippen LogP contribution is -2.42. The first kappa shape index (κ1) is 28.1.